The van der Waals surface area contributed by atoms with E-state index in [1.54, 1.807) is 42.5 Å². The quantitative estimate of drug-likeness (QED) is 0.655. The summed E-state index contributed by atoms with van der Waals surface area (Å²) in [6.45, 7) is 0.750. The topological polar surface area (TPSA) is 62.3 Å². The fourth-order valence-electron chi connectivity index (χ4n) is 3.12. The lowest BCUT2D eigenvalue weighted by Crippen LogP contribution is -2.19. The van der Waals surface area contributed by atoms with Crippen LogP contribution in [0.15, 0.2) is 60.8 Å². The van der Waals surface area contributed by atoms with Gasteiger partial charge in [0.2, 0.25) is 0 Å². The van der Waals surface area contributed by atoms with E-state index in [4.69, 9.17) is 11.6 Å². The predicted octanol–water partition coefficient (Wildman–Crippen LogP) is 4.67. The number of anilines is 2. The molecule has 5 nitrogen and oxygen atoms in total. The maximum absolute atomic E-state index is 13.5. The molecule has 0 aliphatic carbocycles. The minimum Gasteiger partial charge on any atom is -0.322 e. The molecule has 4 rings (SSSR count). The molecule has 8 heteroatoms. The molecule has 0 spiro atoms. The normalized spacial score (nSPS) is 16.1. The summed E-state index contributed by atoms with van der Waals surface area (Å²) in [5.74, 6) is -0.0412. The van der Waals surface area contributed by atoms with Crippen molar-refractivity contribution in [1.29, 1.82) is 0 Å². The average Bonchev–Trinajstić information content (AvgIpc) is 3.15. The van der Waals surface area contributed by atoms with Gasteiger partial charge in [0, 0.05) is 47.1 Å². The fourth-order valence-corrected chi connectivity index (χ4v) is 4.62. The lowest BCUT2D eigenvalue weighted by molar-refractivity contribution is 0.102. The summed E-state index contributed by atoms with van der Waals surface area (Å²) >= 11 is 6.22. The van der Waals surface area contributed by atoms with Crippen molar-refractivity contribution >= 4 is 39.9 Å². The maximum atomic E-state index is 13.5. The first-order valence-corrected chi connectivity index (χ1v) is 10.7. The summed E-state index contributed by atoms with van der Waals surface area (Å²) in [6, 6.07) is 14.5. The lowest BCUT2D eigenvalue weighted by Gasteiger charge is -2.16. The maximum Gasteiger partial charge on any atom is 0.255 e. The first-order valence-electron chi connectivity index (χ1n) is 9.00. The minimum atomic E-state index is -0.998. The van der Waals surface area contributed by atoms with Crippen LogP contribution in [0.5, 0.6) is 0 Å². The van der Waals surface area contributed by atoms with E-state index < -0.39 is 16.8 Å². The lowest BCUT2D eigenvalue weighted by atomic mass is 10.1. The van der Waals surface area contributed by atoms with Gasteiger partial charge in [-0.25, -0.2) is 8.60 Å². The van der Waals surface area contributed by atoms with Crippen LogP contribution in [0.3, 0.4) is 0 Å². The Kier molecular flexibility index (Phi) is 5.60. The van der Waals surface area contributed by atoms with E-state index in [0.717, 1.165) is 18.7 Å². The summed E-state index contributed by atoms with van der Waals surface area (Å²) in [5, 5.41) is 3.22. The molecule has 0 radical (unpaired) electrons. The molecule has 0 saturated carbocycles. The molecule has 1 saturated heterocycles. The van der Waals surface area contributed by atoms with Crippen LogP contribution in [0.1, 0.15) is 16.8 Å². The molecule has 1 unspecified atom stereocenters. The number of halogens is 2. The van der Waals surface area contributed by atoms with Gasteiger partial charge < -0.3 is 5.32 Å². The van der Waals surface area contributed by atoms with Crippen molar-refractivity contribution in [2.45, 2.75) is 6.42 Å². The van der Waals surface area contributed by atoms with E-state index in [1.165, 1.54) is 18.3 Å². The summed E-state index contributed by atoms with van der Waals surface area (Å²) in [7, 11) is -0.998. The van der Waals surface area contributed by atoms with Crippen molar-refractivity contribution in [2.75, 3.05) is 21.9 Å². The summed E-state index contributed by atoms with van der Waals surface area (Å²) in [5.41, 5.74) is 2.73. The van der Waals surface area contributed by atoms with Crippen LogP contribution in [-0.4, -0.2) is 27.4 Å². The van der Waals surface area contributed by atoms with Crippen molar-refractivity contribution < 1.29 is 13.4 Å². The highest BCUT2D eigenvalue weighted by molar-refractivity contribution is 7.86. The second kappa shape index (κ2) is 8.31. The monoisotopic (exact) mass is 429 g/mol. The van der Waals surface area contributed by atoms with Crippen molar-refractivity contribution in [1.82, 2.24) is 4.98 Å². The Morgan fingerprint density at radius 2 is 1.93 bits per heavy atom. The van der Waals surface area contributed by atoms with E-state index in [-0.39, 0.29) is 5.91 Å². The first kappa shape index (κ1) is 19.5. The molecule has 29 heavy (non-hydrogen) atoms. The van der Waals surface area contributed by atoms with Crippen LogP contribution in [0, 0.1) is 5.82 Å². The van der Waals surface area contributed by atoms with Crippen LogP contribution in [0.25, 0.3) is 11.3 Å². The standard InChI is InChI=1S/C21H17ClFN3O2S/c22-19-7-4-16(13-18(19)20-12-15(23)8-9-24-20)25-21(27)14-2-5-17(6-3-14)26-10-1-11-29(26)28/h2-9,12-13H,1,10-11H2,(H,25,27). The molecule has 2 aromatic carbocycles. The van der Waals surface area contributed by atoms with Crippen molar-refractivity contribution in [3.05, 3.63) is 77.2 Å². The van der Waals surface area contributed by atoms with Gasteiger partial charge in [0.1, 0.15) is 16.8 Å². The molecular weight excluding hydrogens is 413 g/mol. The summed E-state index contributed by atoms with van der Waals surface area (Å²) < 4.78 is 27.3. The second-order valence-corrected chi connectivity index (χ2v) is 8.44. The average molecular weight is 430 g/mol. The molecule has 1 N–H and O–H groups in total. The van der Waals surface area contributed by atoms with Gasteiger partial charge in [-0.05, 0) is 55.0 Å². The number of carbonyl (C=O) groups is 1. The Hall–Kier alpha value is -2.77. The molecule has 1 aromatic heterocycles. The number of benzene rings is 2. The van der Waals surface area contributed by atoms with Gasteiger partial charge in [0.25, 0.3) is 5.91 Å². The van der Waals surface area contributed by atoms with E-state index in [1.807, 2.05) is 4.31 Å². The van der Waals surface area contributed by atoms with Crippen molar-refractivity contribution in [2.24, 2.45) is 0 Å². The predicted molar refractivity (Wildman–Crippen MR) is 114 cm³/mol. The number of pyridine rings is 1. The number of hydrogen-bond donors (Lipinski definition) is 1. The number of nitrogens with zero attached hydrogens (tertiary/aromatic N) is 2. The molecular formula is C21H17ClFN3O2S. The number of nitrogens with one attached hydrogen (secondary N) is 1. The number of rotatable bonds is 4. The van der Waals surface area contributed by atoms with Gasteiger partial charge in [-0.3, -0.25) is 14.1 Å². The van der Waals surface area contributed by atoms with Crippen molar-refractivity contribution in [3.63, 3.8) is 0 Å². The molecule has 1 fully saturated rings. The smallest absolute Gasteiger partial charge is 0.255 e. The molecule has 2 heterocycles. The van der Waals surface area contributed by atoms with E-state index >= 15 is 0 Å². The molecule has 1 atom stereocenters. The molecule has 1 amide bonds. The second-order valence-electron chi connectivity index (χ2n) is 6.54. The van der Waals surface area contributed by atoms with Gasteiger partial charge in [0.15, 0.2) is 0 Å². The molecule has 148 valence electrons. The van der Waals surface area contributed by atoms with Crippen LogP contribution in [0.2, 0.25) is 5.02 Å². The van der Waals surface area contributed by atoms with Crippen LogP contribution >= 0.6 is 11.6 Å². The van der Waals surface area contributed by atoms with Crippen LogP contribution in [0.4, 0.5) is 15.8 Å². The molecule has 1 aliphatic rings. The number of carbonyl (C=O) groups excluding carboxylic acids is 1. The zero-order valence-corrected chi connectivity index (χ0v) is 16.8. The molecule has 3 aromatic rings. The Morgan fingerprint density at radius 3 is 2.62 bits per heavy atom. The van der Waals surface area contributed by atoms with Crippen LogP contribution < -0.4 is 9.62 Å². The van der Waals surface area contributed by atoms with E-state index in [2.05, 4.69) is 10.3 Å². The van der Waals surface area contributed by atoms with Gasteiger partial charge in [-0.2, -0.15) is 0 Å². The van der Waals surface area contributed by atoms with Gasteiger partial charge in [-0.1, -0.05) is 11.6 Å². The first-order chi connectivity index (χ1) is 14.0. The Morgan fingerprint density at radius 1 is 1.14 bits per heavy atom. The van der Waals surface area contributed by atoms with Gasteiger partial charge in [-0.15, -0.1) is 0 Å². The summed E-state index contributed by atoms with van der Waals surface area (Å²) in [6.07, 6.45) is 2.26. The number of amides is 1. The zero-order chi connectivity index (χ0) is 20.4. The fraction of sp³-hybridized carbons (Fsp3) is 0.143. The highest BCUT2D eigenvalue weighted by atomic mass is 35.5. The van der Waals surface area contributed by atoms with Crippen molar-refractivity contribution in [3.8, 4) is 11.3 Å². The highest BCUT2D eigenvalue weighted by Gasteiger charge is 2.20. The Labute approximate surface area is 175 Å². The summed E-state index contributed by atoms with van der Waals surface area (Å²) in [4.78, 5) is 16.7. The third-order valence-electron chi connectivity index (χ3n) is 4.57. The highest BCUT2D eigenvalue weighted by Crippen LogP contribution is 2.30. The third kappa shape index (κ3) is 4.31. The third-order valence-corrected chi connectivity index (χ3v) is 6.42. The zero-order valence-electron chi connectivity index (χ0n) is 15.3. The molecule has 0 bridgehead atoms. The van der Waals surface area contributed by atoms with Gasteiger partial charge >= 0.3 is 0 Å². The van der Waals surface area contributed by atoms with Crippen LogP contribution in [-0.2, 0) is 11.0 Å². The number of aromatic nitrogens is 1. The Balaban J connectivity index is 1.52. The van der Waals surface area contributed by atoms with E-state index in [0.29, 0.717) is 33.3 Å². The molecule has 1 aliphatic heterocycles. The van der Waals surface area contributed by atoms with Gasteiger partial charge in [0.05, 0.1) is 10.7 Å². The van der Waals surface area contributed by atoms with E-state index in [9.17, 15) is 13.4 Å². The SMILES string of the molecule is O=C(Nc1ccc(Cl)c(-c2cc(F)ccn2)c1)c1ccc(N2CCCS2=O)cc1. The minimum absolute atomic E-state index is 0.292. The number of hydrogen-bond acceptors (Lipinski definition) is 3. The largest absolute Gasteiger partial charge is 0.322 e. The Bertz CT molecular complexity index is 1090.